The predicted molar refractivity (Wildman–Crippen MR) is 183 cm³/mol. The van der Waals surface area contributed by atoms with Gasteiger partial charge in [-0.05, 0) is 119 Å². The fourth-order valence-corrected chi connectivity index (χ4v) is 2.22. The molecule has 0 spiro atoms. The Kier molecular flexibility index (Phi) is 31.5. The number of hydrogen-bond acceptors (Lipinski definition) is 13. The molecule has 6 N–H and O–H groups in total. The van der Waals surface area contributed by atoms with Gasteiger partial charge in [-0.3, -0.25) is 15.2 Å². The van der Waals surface area contributed by atoms with Crippen LogP contribution in [0.15, 0.2) is 12.3 Å². The van der Waals surface area contributed by atoms with Crippen LogP contribution in [0.2, 0.25) is 0 Å². The van der Waals surface area contributed by atoms with Gasteiger partial charge < -0.3 is 50.0 Å². The number of hydrogen-bond donors (Lipinski definition) is 6. The van der Waals surface area contributed by atoms with Gasteiger partial charge in [0, 0.05) is 0 Å². The van der Waals surface area contributed by atoms with Crippen molar-refractivity contribution >= 4 is 35.7 Å². The topological polar surface area (TPSA) is 245 Å². The van der Waals surface area contributed by atoms with Crippen LogP contribution in [-0.4, -0.2) is 191 Å². The van der Waals surface area contributed by atoms with E-state index in [2.05, 4.69) is 9.78 Å². The average Bonchev–Trinajstić information content (AvgIpc) is 2.84. The smallest absolute Gasteiger partial charge is 0.337 e. The van der Waals surface area contributed by atoms with Crippen LogP contribution in [0.5, 0.6) is 0 Å². The molecule has 0 fully saturated rings. The Morgan fingerprint density at radius 3 is 0.771 bits per heavy atom. The van der Waals surface area contributed by atoms with Crippen LogP contribution >= 0.6 is 0 Å². The van der Waals surface area contributed by atoms with E-state index >= 15 is 0 Å². The lowest BCUT2D eigenvalue weighted by atomic mass is 9.85. The number of carbonyl (C=O) groups is 5. The van der Waals surface area contributed by atoms with Gasteiger partial charge in [0.2, 0.25) is 0 Å². The van der Waals surface area contributed by atoms with Crippen LogP contribution in [0.3, 0.4) is 0 Å². The van der Waals surface area contributed by atoms with Crippen LogP contribution < -0.4 is 0 Å². The maximum absolute atomic E-state index is 11.6. The van der Waals surface area contributed by atoms with Crippen molar-refractivity contribution in [3.63, 3.8) is 0 Å². The molecule has 18 nitrogen and oxygen atoms in total. The second-order valence-electron chi connectivity index (χ2n) is 11.5. The summed E-state index contributed by atoms with van der Waals surface area (Å²) in [5, 5.41) is 54.2. The molecule has 18 heteroatoms. The predicted octanol–water partition coefficient (Wildman–Crippen LogP) is 1.87. The van der Waals surface area contributed by atoms with Gasteiger partial charge in [0.1, 0.15) is 6.26 Å². The van der Waals surface area contributed by atoms with Gasteiger partial charge in [-0.25, -0.2) is 24.0 Å². The molecule has 0 aliphatic heterocycles. The van der Waals surface area contributed by atoms with E-state index in [1.165, 1.54) is 13.0 Å². The Hall–Kier alpha value is -4.62. The van der Waals surface area contributed by atoms with Crippen molar-refractivity contribution in [1.29, 1.82) is 5.41 Å². The summed E-state index contributed by atoms with van der Waals surface area (Å²) in [5.74, 6) is -12.2. The van der Waals surface area contributed by atoms with Gasteiger partial charge in [-0.2, -0.15) is 0 Å². The largest absolute Gasteiger partial charge is 0.478 e. The lowest BCUT2D eigenvalue weighted by Gasteiger charge is -2.17. The van der Waals surface area contributed by atoms with Crippen molar-refractivity contribution in [2.45, 2.75) is 6.92 Å². The highest BCUT2D eigenvalue weighted by Gasteiger charge is 2.40. The van der Waals surface area contributed by atoms with Gasteiger partial charge >= 0.3 is 29.8 Å². The molecule has 0 saturated carbocycles. The summed E-state index contributed by atoms with van der Waals surface area (Å²) in [6.07, 6.45) is 2.10. The van der Waals surface area contributed by atoms with Crippen molar-refractivity contribution < 1.29 is 59.3 Å². The van der Waals surface area contributed by atoms with Gasteiger partial charge in [-0.1, -0.05) is 0 Å². The molecule has 0 aromatic heterocycles. The molecule has 0 unspecified atom stereocenters. The molecule has 1 aromatic rings. The molecule has 0 heterocycles. The highest BCUT2D eigenvalue weighted by atomic mass is 17.2. The molecule has 278 valence electrons. The minimum absolute atomic E-state index is 0.844. The summed E-state index contributed by atoms with van der Waals surface area (Å²) in [6, 6.07) is 0. The lowest BCUT2D eigenvalue weighted by Crippen LogP contribution is -2.28. The minimum atomic E-state index is -2.20. The maximum Gasteiger partial charge on any atom is 0.337 e. The molecule has 0 aliphatic rings. The van der Waals surface area contributed by atoms with E-state index in [4.69, 9.17) is 5.41 Å². The summed E-state index contributed by atoms with van der Waals surface area (Å²) in [5.41, 5.74) is -8.92. The van der Waals surface area contributed by atoms with Crippen LogP contribution in [0, 0.1) is 5.41 Å². The van der Waals surface area contributed by atoms with Crippen LogP contribution in [0.25, 0.3) is 0 Å². The second-order valence-corrected chi connectivity index (χ2v) is 11.5. The van der Waals surface area contributed by atoms with E-state index < -0.39 is 69.1 Å². The fraction of sp³-hybridized carbons (Fsp3) is 0.533. The SMILES string of the molecule is CC=COOC(=N)c1c(C(=O)O)c(C(=O)O)c(C(=O)O)c(C(=O)O)c1C(=O)O.CN(C)C.CN(C)C.CN(C)C.CN(C)C.CN(C)C. The van der Waals surface area contributed by atoms with Gasteiger partial charge in [-0.15, -0.1) is 0 Å². The summed E-state index contributed by atoms with van der Waals surface area (Å²) in [6.45, 7) is 1.45. The monoisotopic (exact) mass is 692 g/mol. The number of benzene rings is 1. The summed E-state index contributed by atoms with van der Waals surface area (Å²) >= 11 is 0. The summed E-state index contributed by atoms with van der Waals surface area (Å²) in [4.78, 5) is 76.4. The molecule has 0 saturated heterocycles. The minimum Gasteiger partial charge on any atom is -0.478 e. The second kappa shape index (κ2) is 28.6. The molecule has 0 atom stereocenters. The molecular weight excluding hydrogens is 636 g/mol. The third-order valence-corrected chi connectivity index (χ3v) is 3.12. The Labute approximate surface area is 283 Å². The maximum atomic E-state index is 11.6. The molecular formula is C30H56N6O12. The quantitative estimate of drug-likeness (QED) is 0.0748. The number of carboxylic acids is 5. The highest BCUT2D eigenvalue weighted by Crippen LogP contribution is 2.30. The Morgan fingerprint density at radius 2 is 0.625 bits per heavy atom. The number of allylic oxidation sites excluding steroid dienone is 1. The summed E-state index contributed by atoms with van der Waals surface area (Å²) in [7, 11) is 30.0. The number of nitrogens with zero attached hydrogens (tertiary/aromatic N) is 5. The third kappa shape index (κ3) is 28.8. The molecule has 0 amide bonds. The van der Waals surface area contributed by atoms with E-state index in [0.29, 0.717) is 0 Å². The third-order valence-electron chi connectivity index (χ3n) is 3.12. The Morgan fingerprint density at radius 1 is 0.458 bits per heavy atom. The first-order valence-corrected chi connectivity index (χ1v) is 13.6. The van der Waals surface area contributed by atoms with Crippen molar-refractivity contribution in [2.75, 3.05) is 106 Å². The van der Waals surface area contributed by atoms with Crippen LogP contribution in [0.4, 0.5) is 0 Å². The fourth-order valence-electron chi connectivity index (χ4n) is 2.22. The first-order chi connectivity index (χ1) is 21.6. The van der Waals surface area contributed by atoms with E-state index in [-0.39, 0.29) is 0 Å². The lowest BCUT2D eigenvalue weighted by molar-refractivity contribution is -0.165. The Balaban J connectivity index is -0.000000250. The number of nitrogens with one attached hydrogen (secondary N) is 1. The standard InChI is InChI=1S/C15H11NO12.5C3H9N/c1-2-3-27-28-10(16)4-5(11(17)18)7(13(21)22)9(15(25)26)8(14(23)24)6(4)12(19)20;5*1-4(2)3/h2-3,16H,1H3,(H,17,18)(H,19,20)(H,21,22)(H,23,24)(H,25,26);5*1-3H3. The van der Waals surface area contributed by atoms with Crippen LogP contribution in [-0.2, 0) is 9.78 Å². The number of aromatic carboxylic acids is 5. The van der Waals surface area contributed by atoms with Crippen molar-refractivity contribution in [3.8, 4) is 0 Å². The van der Waals surface area contributed by atoms with E-state index in [9.17, 15) is 49.5 Å². The molecule has 0 radical (unpaired) electrons. The van der Waals surface area contributed by atoms with Gasteiger partial charge in [0.25, 0.3) is 5.90 Å². The highest BCUT2D eigenvalue weighted by molar-refractivity contribution is 6.23. The zero-order chi connectivity index (χ0) is 39.6. The number of rotatable bonds is 8. The molecule has 0 bridgehead atoms. The van der Waals surface area contributed by atoms with Crippen molar-refractivity contribution in [1.82, 2.24) is 24.5 Å². The molecule has 1 rings (SSSR count). The summed E-state index contributed by atoms with van der Waals surface area (Å²) < 4.78 is 0. The van der Waals surface area contributed by atoms with Crippen molar-refractivity contribution in [3.05, 3.63) is 45.7 Å². The van der Waals surface area contributed by atoms with E-state index in [1.54, 1.807) is 0 Å². The van der Waals surface area contributed by atoms with E-state index in [1.807, 2.05) is 130 Å². The molecule has 0 aliphatic carbocycles. The first kappa shape index (κ1) is 52.9. The van der Waals surface area contributed by atoms with Gasteiger partial charge in [0.15, 0.2) is 0 Å². The van der Waals surface area contributed by atoms with Gasteiger partial charge in [0.05, 0.1) is 33.4 Å². The van der Waals surface area contributed by atoms with Crippen molar-refractivity contribution in [2.24, 2.45) is 0 Å². The van der Waals surface area contributed by atoms with Crippen LogP contribution in [0.1, 0.15) is 64.3 Å². The zero-order valence-electron chi connectivity index (χ0n) is 31.0. The normalized spacial score (nSPS) is 9.77. The molecule has 1 aromatic carbocycles. The zero-order valence-corrected chi connectivity index (χ0v) is 31.0. The first-order valence-electron chi connectivity index (χ1n) is 13.6. The Bertz CT molecular complexity index is 1100. The number of carboxylic acid groups (broad SMARTS) is 5. The van der Waals surface area contributed by atoms with E-state index in [0.717, 1.165) is 6.26 Å². The average molecular weight is 693 g/mol. The molecule has 48 heavy (non-hydrogen) atoms.